The maximum atomic E-state index is 11.2. The molecule has 1 heterocycles. The van der Waals surface area contributed by atoms with Gasteiger partial charge in [0.25, 0.3) is 0 Å². The summed E-state index contributed by atoms with van der Waals surface area (Å²) in [7, 11) is 0. The number of hydrogen-bond acceptors (Lipinski definition) is 4. The second-order valence-electron chi connectivity index (χ2n) is 6.46. The van der Waals surface area contributed by atoms with Gasteiger partial charge in [-0.2, -0.15) is 0 Å². The molecule has 1 aromatic carbocycles. The molecule has 5 nitrogen and oxygen atoms in total. The van der Waals surface area contributed by atoms with Gasteiger partial charge in [-0.15, -0.1) is 0 Å². The van der Waals surface area contributed by atoms with Crippen molar-refractivity contribution in [3.8, 4) is 16.9 Å². The third-order valence-electron chi connectivity index (χ3n) is 3.56. The molecule has 25 heavy (non-hydrogen) atoms. The number of carbonyl (C=O) groups excluding carboxylic acids is 1. The molecule has 0 aliphatic heterocycles. The number of pyridine rings is 1. The van der Waals surface area contributed by atoms with Gasteiger partial charge in [0.1, 0.15) is 18.2 Å². The molecule has 0 aliphatic rings. The SMILES string of the molecule is CC(=O)Nc1cc(-c2ccc(OCC(N)CC(C)C)c(Cl)c2)ccn1. The molecule has 1 amide bonds. The van der Waals surface area contributed by atoms with E-state index in [0.29, 0.717) is 29.1 Å². The highest BCUT2D eigenvalue weighted by Gasteiger charge is 2.10. The quantitative estimate of drug-likeness (QED) is 0.777. The number of nitrogens with two attached hydrogens (primary N) is 1. The highest BCUT2D eigenvalue weighted by atomic mass is 35.5. The van der Waals surface area contributed by atoms with E-state index in [4.69, 9.17) is 22.1 Å². The first-order valence-corrected chi connectivity index (χ1v) is 8.65. The van der Waals surface area contributed by atoms with Crippen LogP contribution in [-0.2, 0) is 4.79 Å². The van der Waals surface area contributed by atoms with Crippen molar-refractivity contribution in [1.82, 2.24) is 4.98 Å². The van der Waals surface area contributed by atoms with E-state index >= 15 is 0 Å². The van der Waals surface area contributed by atoms with Crippen LogP contribution in [0.25, 0.3) is 11.1 Å². The zero-order valence-electron chi connectivity index (χ0n) is 14.8. The fourth-order valence-corrected chi connectivity index (χ4v) is 2.76. The van der Waals surface area contributed by atoms with E-state index in [1.54, 1.807) is 12.3 Å². The summed E-state index contributed by atoms with van der Waals surface area (Å²) in [6.45, 7) is 6.14. The number of anilines is 1. The van der Waals surface area contributed by atoms with Gasteiger partial charge >= 0.3 is 0 Å². The van der Waals surface area contributed by atoms with E-state index in [1.807, 2.05) is 24.3 Å². The van der Waals surface area contributed by atoms with Crippen LogP contribution in [-0.4, -0.2) is 23.5 Å². The molecule has 2 rings (SSSR count). The Morgan fingerprint density at radius 1 is 1.28 bits per heavy atom. The molecule has 134 valence electrons. The molecule has 0 bridgehead atoms. The van der Waals surface area contributed by atoms with E-state index in [9.17, 15) is 4.79 Å². The molecule has 0 saturated carbocycles. The average molecular weight is 362 g/mol. The molecule has 0 fully saturated rings. The minimum atomic E-state index is -0.163. The first-order chi connectivity index (χ1) is 11.8. The van der Waals surface area contributed by atoms with E-state index in [-0.39, 0.29) is 11.9 Å². The van der Waals surface area contributed by atoms with Crippen LogP contribution in [0, 0.1) is 5.92 Å². The number of benzene rings is 1. The standard InChI is InChI=1S/C19H24ClN3O2/c1-12(2)8-16(21)11-25-18-5-4-14(9-17(18)20)15-6-7-22-19(10-15)23-13(3)24/h4-7,9-10,12,16H,8,11,21H2,1-3H3,(H,22,23,24). The largest absolute Gasteiger partial charge is 0.490 e. The Bertz CT molecular complexity index is 734. The first kappa shape index (κ1) is 19.2. The lowest BCUT2D eigenvalue weighted by molar-refractivity contribution is -0.114. The molecule has 0 spiro atoms. The highest BCUT2D eigenvalue weighted by Crippen LogP contribution is 2.31. The summed E-state index contributed by atoms with van der Waals surface area (Å²) in [6.07, 6.45) is 2.54. The Hall–Kier alpha value is -2.11. The number of halogens is 1. The van der Waals surface area contributed by atoms with Crippen LogP contribution in [0.4, 0.5) is 5.82 Å². The summed E-state index contributed by atoms with van der Waals surface area (Å²) in [5.74, 6) is 1.48. The topological polar surface area (TPSA) is 77.2 Å². The van der Waals surface area contributed by atoms with Gasteiger partial charge in [0.2, 0.25) is 5.91 Å². The number of nitrogens with one attached hydrogen (secondary N) is 1. The molecule has 0 radical (unpaired) electrons. The van der Waals surface area contributed by atoms with Crippen molar-refractivity contribution in [2.75, 3.05) is 11.9 Å². The van der Waals surface area contributed by atoms with E-state index < -0.39 is 0 Å². The fraction of sp³-hybridized carbons (Fsp3) is 0.368. The average Bonchev–Trinajstić information content (AvgIpc) is 2.52. The van der Waals surface area contributed by atoms with E-state index in [2.05, 4.69) is 24.1 Å². The Labute approximate surface area is 153 Å². The summed E-state index contributed by atoms with van der Waals surface area (Å²) >= 11 is 6.34. The lowest BCUT2D eigenvalue weighted by Crippen LogP contribution is -2.29. The normalized spacial score (nSPS) is 12.1. The highest BCUT2D eigenvalue weighted by molar-refractivity contribution is 6.32. The van der Waals surface area contributed by atoms with Gasteiger partial charge in [-0.25, -0.2) is 4.98 Å². The molecule has 3 N–H and O–H groups in total. The Morgan fingerprint density at radius 2 is 2.00 bits per heavy atom. The zero-order chi connectivity index (χ0) is 18.4. The lowest BCUT2D eigenvalue weighted by atomic mass is 10.1. The van der Waals surface area contributed by atoms with Crippen LogP contribution in [0.5, 0.6) is 5.75 Å². The predicted octanol–water partition coefficient (Wildman–Crippen LogP) is 4.11. The molecule has 0 saturated heterocycles. The Morgan fingerprint density at radius 3 is 2.64 bits per heavy atom. The number of aromatic nitrogens is 1. The monoisotopic (exact) mass is 361 g/mol. The van der Waals surface area contributed by atoms with Gasteiger partial charge < -0.3 is 15.8 Å². The lowest BCUT2D eigenvalue weighted by Gasteiger charge is -2.16. The maximum Gasteiger partial charge on any atom is 0.222 e. The molecule has 0 aliphatic carbocycles. The summed E-state index contributed by atoms with van der Waals surface area (Å²) in [5, 5.41) is 3.19. The molecular formula is C19H24ClN3O2. The maximum absolute atomic E-state index is 11.2. The van der Waals surface area contributed by atoms with Gasteiger partial charge in [0.15, 0.2) is 0 Å². The number of nitrogens with zero attached hydrogens (tertiary/aromatic N) is 1. The van der Waals surface area contributed by atoms with Crippen molar-refractivity contribution < 1.29 is 9.53 Å². The van der Waals surface area contributed by atoms with Crippen LogP contribution in [0.3, 0.4) is 0 Å². The number of ether oxygens (including phenoxy) is 1. The summed E-state index contributed by atoms with van der Waals surface area (Å²) < 4.78 is 5.74. The minimum Gasteiger partial charge on any atom is -0.490 e. The number of carbonyl (C=O) groups is 1. The summed E-state index contributed by atoms with van der Waals surface area (Å²) in [5.41, 5.74) is 7.86. The minimum absolute atomic E-state index is 0.0174. The summed E-state index contributed by atoms with van der Waals surface area (Å²) in [4.78, 5) is 15.3. The van der Waals surface area contributed by atoms with Gasteiger partial charge in [-0.1, -0.05) is 31.5 Å². The molecular weight excluding hydrogens is 338 g/mol. The van der Waals surface area contributed by atoms with Crippen LogP contribution in [0.15, 0.2) is 36.5 Å². The third kappa shape index (κ3) is 6.03. The third-order valence-corrected chi connectivity index (χ3v) is 3.85. The predicted molar refractivity (Wildman–Crippen MR) is 102 cm³/mol. The van der Waals surface area contributed by atoms with Crippen LogP contribution in [0.1, 0.15) is 27.2 Å². The smallest absolute Gasteiger partial charge is 0.222 e. The van der Waals surface area contributed by atoms with Gasteiger partial charge in [-0.05, 0) is 47.7 Å². The van der Waals surface area contributed by atoms with Crippen molar-refractivity contribution in [3.05, 3.63) is 41.6 Å². The van der Waals surface area contributed by atoms with Crippen molar-refractivity contribution in [1.29, 1.82) is 0 Å². The zero-order valence-corrected chi connectivity index (χ0v) is 15.5. The first-order valence-electron chi connectivity index (χ1n) is 8.27. The summed E-state index contributed by atoms with van der Waals surface area (Å²) in [6, 6.07) is 9.22. The van der Waals surface area contributed by atoms with Crippen molar-refractivity contribution in [3.63, 3.8) is 0 Å². The second kappa shape index (κ2) is 8.83. The number of hydrogen-bond donors (Lipinski definition) is 2. The number of rotatable bonds is 7. The van der Waals surface area contributed by atoms with E-state index in [1.165, 1.54) is 6.92 Å². The van der Waals surface area contributed by atoms with Crippen LogP contribution >= 0.6 is 11.6 Å². The van der Waals surface area contributed by atoms with Gasteiger partial charge in [-0.3, -0.25) is 4.79 Å². The van der Waals surface area contributed by atoms with Crippen molar-refractivity contribution >= 4 is 23.3 Å². The van der Waals surface area contributed by atoms with Crippen molar-refractivity contribution in [2.45, 2.75) is 33.2 Å². The molecule has 1 atom stereocenters. The van der Waals surface area contributed by atoms with Crippen molar-refractivity contribution in [2.24, 2.45) is 11.7 Å². The molecule has 2 aromatic rings. The molecule has 6 heteroatoms. The van der Waals surface area contributed by atoms with Crippen LogP contribution < -0.4 is 15.8 Å². The van der Waals surface area contributed by atoms with E-state index in [0.717, 1.165) is 17.5 Å². The Balaban J connectivity index is 2.10. The molecule has 1 aromatic heterocycles. The number of amides is 1. The van der Waals surface area contributed by atoms with Gasteiger partial charge in [0.05, 0.1) is 5.02 Å². The molecule has 1 unspecified atom stereocenters. The van der Waals surface area contributed by atoms with Gasteiger partial charge in [0, 0.05) is 19.2 Å². The second-order valence-corrected chi connectivity index (χ2v) is 6.86. The fourth-order valence-electron chi connectivity index (χ4n) is 2.53. The Kier molecular flexibility index (Phi) is 6.79. The van der Waals surface area contributed by atoms with Crippen LogP contribution in [0.2, 0.25) is 5.02 Å².